The van der Waals surface area contributed by atoms with Gasteiger partial charge in [0.15, 0.2) is 0 Å². The molecule has 3 rings (SSSR count). The molecule has 3 amide bonds. The number of likely N-dealkylation sites (tertiary alicyclic amines) is 1. The zero-order valence-electron chi connectivity index (χ0n) is 17.6. The summed E-state index contributed by atoms with van der Waals surface area (Å²) < 4.78 is 0. The molecule has 6 heteroatoms. The Bertz CT molecular complexity index is 878. The van der Waals surface area contributed by atoms with E-state index in [0.717, 1.165) is 18.4 Å². The molecule has 1 unspecified atom stereocenters. The summed E-state index contributed by atoms with van der Waals surface area (Å²) in [5, 5.41) is 5.76. The number of nitrogens with one attached hydrogen (secondary N) is 2. The molecule has 1 aliphatic heterocycles. The zero-order chi connectivity index (χ0) is 21.5. The molecule has 158 valence electrons. The number of anilines is 2. The summed E-state index contributed by atoms with van der Waals surface area (Å²) in [6, 6.07) is 16.8. The Morgan fingerprint density at radius 1 is 0.967 bits per heavy atom. The summed E-state index contributed by atoms with van der Waals surface area (Å²) in [7, 11) is 0. The maximum absolute atomic E-state index is 12.7. The van der Waals surface area contributed by atoms with Gasteiger partial charge in [-0.05, 0) is 42.7 Å². The molecule has 1 aliphatic rings. The lowest BCUT2D eigenvalue weighted by Crippen LogP contribution is -2.44. The average molecular weight is 408 g/mol. The lowest BCUT2D eigenvalue weighted by Gasteiger charge is -2.32. The van der Waals surface area contributed by atoms with Crippen LogP contribution in [0.1, 0.15) is 32.3 Å². The highest BCUT2D eigenvalue weighted by molar-refractivity contribution is 5.94. The van der Waals surface area contributed by atoms with Gasteiger partial charge < -0.3 is 15.5 Å². The summed E-state index contributed by atoms with van der Waals surface area (Å²) in [6.07, 6.45) is 1.95. The monoisotopic (exact) mass is 407 g/mol. The van der Waals surface area contributed by atoms with Crippen molar-refractivity contribution in [1.82, 2.24) is 4.90 Å². The van der Waals surface area contributed by atoms with Gasteiger partial charge >= 0.3 is 0 Å². The number of rotatable bonds is 6. The lowest BCUT2D eigenvalue weighted by molar-refractivity contribution is -0.134. The van der Waals surface area contributed by atoms with Crippen LogP contribution < -0.4 is 10.6 Å². The Hall–Kier alpha value is -3.15. The summed E-state index contributed by atoms with van der Waals surface area (Å²) in [4.78, 5) is 38.9. The Balaban J connectivity index is 1.53. The van der Waals surface area contributed by atoms with Crippen LogP contribution in [0.25, 0.3) is 0 Å². The van der Waals surface area contributed by atoms with Gasteiger partial charge in [0, 0.05) is 30.4 Å². The molecule has 2 aromatic rings. The number of nitrogens with zero attached hydrogens (tertiary/aromatic N) is 1. The van der Waals surface area contributed by atoms with Crippen LogP contribution in [0.3, 0.4) is 0 Å². The first kappa shape index (κ1) is 21.6. The van der Waals surface area contributed by atoms with E-state index >= 15 is 0 Å². The van der Waals surface area contributed by atoms with Gasteiger partial charge in [-0.1, -0.05) is 44.2 Å². The van der Waals surface area contributed by atoms with Crippen LogP contribution in [-0.4, -0.2) is 35.7 Å². The first-order valence-electron chi connectivity index (χ1n) is 10.5. The van der Waals surface area contributed by atoms with Crippen LogP contribution in [0.15, 0.2) is 54.6 Å². The van der Waals surface area contributed by atoms with Crippen molar-refractivity contribution in [3.8, 4) is 0 Å². The molecule has 0 aliphatic carbocycles. The lowest BCUT2D eigenvalue weighted by atomic mass is 9.96. The van der Waals surface area contributed by atoms with E-state index in [2.05, 4.69) is 10.6 Å². The highest BCUT2D eigenvalue weighted by Crippen LogP contribution is 2.21. The summed E-state index contributed by atoms with van der Waals surface area (Å²) in [5.41, 5.74) is 2.36. The van der Waals surface area contributed by atoms with Gasteiger partial charge in [-0.25, -0.2) is 0 Å². The number of hydrogen-bond acceptors (Lipinski definition) is 3. The molecule has 1 fully saturated rings. The highest BCUT2D eigenvalue weighted by Gasteiger charge is 2.28. The van der Waals surface area contributed by atoms with Crippen molar-refractivity contribution in [3.05, 3.63) is 60.2 Å². The summed E-state index contributed by atoms with van der Waals surface area (Å²) in [6.45, 7) is 4.81. The van der Waals surface area contributed by atoms with Crippen molar-refractivity contribution >= 4 is 29.1 Å². The van der Waals surface area contributed by atoms with E-state index < -0.39 is 0 Å². The molecule has 0 bridgehead atoms. The number of amides is 3. The molecule has 0 aromatic heterocycles. The fraction of sp³-hybridized carbons (Fsp3) is 0.375. The van der Waals surface area contributed by atoms with E-state index in [1.54, 1.807) is 29.2 Å². The molecule has 1 heterocycles. The van der Waals surface area contributed by atoms with E-state index in [9.17, 15) is 14.4 Å². The van der Waals surface area contributed by atoms with Gasteiger partial charge in [0.2, 0.25) is 17.7 Å². The zero-order valence-corrected chi connectivity index (χ0v) is 17.6. The molecule has 0 saturated carbocycles. The molecule has 6 nitrogen and oxygen atoms in total. The van der Waals surface area contributed by atoms with E-state index in [1.807, 2.05) is 44.2 Å². The summed E-state index contributed by atoms with van der Waals surface area (Å²) in [5.74, 6) is -0.383. The minimum Gasteiger partial charge on any atom is -0.342 e. The van der Waals surface area contributed by atoms with E-state index in [-0.39, 0.29) is 29.6 Å². The summed E-state index contributed by atoms with van der Waals surface area (Å²) >= 11 is 0. The van der Waals surface area contributed by atoms with Crippen molar-refractivity contribution in [2.24, 2.45) is 11.8 Å². The minimum atomic E-state index is -0.223. The van der Waals surface area contributed by atoms with Crippen molar-refractivity contribution in [2.45, 2.75) is 33.1 Å². The smallest absolute Gasteiger partial charge is 0.229 e. The van der Waals surface area contributed by atoms with Gasteiger partial charge in [0.05, 0.1) is 12.3 Å². The molecule has 30 heavy (non-hydrogen) atoms. The van der Waals surface area contributed by atoms with Crippen molar-refractivity contribution in [2.75, 3.05) is 23.7 Å². The normalized spacial score (nSPS) is 16.2. The van der Waals surface area contributed by atoms with Crippen LogP contribution in [0.5, 0.6) is 0 Å². The van der Waals surface area contributed by atoms with Crippen molar-refractivity contribution in [3.63, 3.8) is 0 Å². The Morgan fingerprint density at radius 2 is 1.60 bits per heavy atom. The predicted octanol–water partition coefficient (Wildman–Crippen LogP) is 3.70. The van der Waals surface area contributed by atoms with Crippen molar-refractivity contribution in [1.29, 1.82) is 0 Å². The predicted molar refractivity (Wildman–Crippen MR) is 118 cm³/mol. The highest BCUT2D eigenvalue weighted by atomic mass is 16.2. The number of benzene rings is 2. The second kappa shape index (κ2) is 10.1. The average Bonchev–Trinajstić information content (AvgIpc) is 2.75. The van der Waals surface area contributed by atoms with Gasteiger partial charge in [-0.3, -0.25) is 14.4 Å². The molecule has 1 atom stereocenters. The second-order valence-electron chi connectivity index (χ2n) is 8.05. The topological polar surface area (TPSA) is 78.5 Å². The third kappa shape index (κ3) is 5.92. The van der Waals surface area contributed by atoms with Crippen molar-refractivity contribution < 1.29 is 14.4 Å². The van der Waals surface area contributed by atoms with Crippen LogP contribution in [0.2, 0.25) is 0 Å². The maximum Gasteiger partial charge on any atom is 0.229 e. The molecular formula is C24H29N3O3. The quantitative estimate of drug-likeness (QED) is 0.766. The largest absolute Gasteiger partial charge is 0.342 e. The molecule has 1 saturated heterocycles. The minimum absolute atomic E-state index is 0.0470. The maximum atomic E-state index is 12.7. The van der Waals surface area contributed by atoms with Crippen LogP contribution in [0, 0.1) is 11.8 Å². The SMILES string of the molecule is CC(C)C(=O)Nc1ccc(NC(=O)C2CCCN(C(=O)Cc3ccccc3)C2)cc1. The number of carbonyl (C=O) groups excluding carboxylic acids is 3. The number of piperidine rings is 1. The van der Waals surface area contributed by atoms with Gasteiger partial charge in [0.25, 0.3) is 0 Å². The molecule has 2 N–H and O–H groups in total. The van der Waals surface area contributed by atoms with E-state index in [1.165, 1.54) is 0 Å². The molecule has 0 radical (unpaired) electrons. The second-order valence-corrected chi connectivity index (χ2v) is 8.05. The number of hydrogen-bond donors (Lipinski definition) is 2. The van der Waals surface area contributed by atoms with Crippen LogP contribution in [0.4, 0.5) is 11.4 Å². The molecule has 0 spiro atoms. The van der Waals surface area contributed by atoms with Gasteiger partial charge in [0.1, 0.15) is 0 Å². The standard InChI is InChI=1S/C24H29N3O3/c1-17(2)23(29)25-20-10-12-21(13-11-20)26-24(30)19-9-6-14-27(16-19)22(28)15-18-7-4-3-5-8-18/h3-5,7-8,10-13,17,19H,6,9,14-16H2,1-2H3,(H,25,29)(H,26,30). The fourth-order valence-corrected chi connectivity index (χ4v) is 3.47. The fourth-order valence-electron chi connectivity index (χ4n) is 3.47. The van der Waals surface area contributed by atoms with Gasteiger partial charge in [-0.15, -0.1) is 0 Å². The van der Waals surface area contributed by atoms with E-state index in [0.29, 0.717) is 30.9 Å². The Morgan fingerprint density at radius 3 is 2.23 bits per heavy atom. The molecular weight excluding hydrogens is 378 g/mol. The van der Waals surface area contributed by atoms with Gasteiger partial charge in [-0.2, -0.15) is 0 Å². The van der Waals surface area contributed by atoms with Crippen LogP contribution in [-0.2, 0) is 20.8 Å². The number of carbonyl (C=O) groups is 3. The Kier molecular flexibility index (Phi) is 7.22. The van der Waals surface area contributed by atoms with E-state index in [4.69, 9.17) is 0 Å². The molecule has 2 aromatic carbocycles. The third-order valence-corrected chi connectivity index (χ3v) is 5.29. The first-order chi connectivity index (χ1) is 14.4. The first-order valence-corrected chi connectivity index (χ1v) is 10.5. The Labute approximate surface area is 177 Å². The third-order valence-electron chi connectivity index (χ3n) is 5.29. The van der Waals surface area contributed by atoms with Crippen LogP contribution >= 0.6 is 0 Å².